The van der Waals surface area contributed by atoms with Gasteiger partial charge in [0.25, 0.3) is 0 Å². The maximum atomic E-state index is 11.9. The van der Waals surface area contributed by atoms with Crippen LogP contribution in [0.15, 0.2) is 35.5 Å². The van der Waals surface area contributed by atoms with Crippen molar-refractivity contribution in [2.75, 3.05) is 13.7 Å². The SMILES string of the molecule is COC(=O)C1N=C(C(O)c2cn(COCC[Si](C)(C)C)c3ccccc23)SC1Br. The van der Waals surface area contributed by atoms with Crippen molar-refractivity contribution < 1.29 is 19.4 Å². The summed E-state index contributed by atoms with van der Waals surface area (Å²) in [5.74, 6) is -0.417. The van der Waals surface area contributed by atoms with Crippen molar-refractivity contribution in [3.63, 3.8) is 0 Å². The van der Waals surface area contributed by atoms with Gasteiger partial charge >= 0.3 is 5.97 Å². The van der Waals surface area contributed by atoms with E-state index in [0.717, 1.165) is 29.1 Å². The Kier molecular flexibility index (Phi) is 7.26. The smallest absolute Gasteiger partial charge is 0.332 e. The van der Waals surface area contributed by atoms with Crippen LogP contribution in [0.2, 0.25) is 25.7 Å². The molecule has 0 amide bonds. The Morgan fingerprint density at radius 2 is 2.10 bits per heavy atom. The predicted octanol–water partition coefficient (Wildman–Crippen LogP) is 4.39. The Hall–Kier alpha value is -1.13. The van der Waals surface area contributed by atoms with E-state index in [1.54, 1.807) is 0 Å². The zero-order valence-electron chi connectivity index (χ0n) is 17.1. The van der Waals surface area contributed by atoms with E-state index in [4.69, 9.17) is 9.47 Å². The summed E-state index contributed by atoms with van der Waals surface area (Å²) in [4.78, 5) is 16.3. The zero-order chi connectivity index (χ0) is 21.2. The number of nitrogens with zero attached hydrogens (tertiary/aromatic N) is 2. The first-order chi connectivity index (χ1) is 13.7. The lowest BCUT2D eigenvalue weighted by atomic mass is 10.1. The van der Waals surface area contributed by atoms with Gasteiger partial charge in [0, 0.05) is 31.8 Å². The van der Waals surface area contributed by atoms with Crippen LogP contribution in [0.3, 0.4) is 0 Å². The normalized spacial score (nSPS) is 20.7. The number of thioether (sulfide) groups is 1. The van der Waals surface area contributed by atoms with E-state index in [2.05, 4.69) is 40.6 Å². The van der Waals surface area contributed by atoms with E-state index in [9.17, 15) is 9.90 Å². The second-order valence-corrected chi connectivity index (χ2v) is 16.6. The summed E-state index contributed by atoms with van der Waals surface area (Å²) >= 11 is 4.80. The second kappa shape index (κ2) is 9.34. The van der Waals surface area contributed by atoms with Gasteiger partial charge in [-0.1, -0.05) is 65.5 Å². The Bertz CT molecular complexity index is 912. The van der Waals surface area contributed by atoms with Crippen LogP contribution in [0.4, 0.5) is 0 Å². The fourth-order valence-electron chi connectivity index (χ4n) is 3.10. The summed E-state index contributed by atoms with van der Waals surface area (Å²) in [5.41, 5.74) is 1.75. The molecule has 1 aliphatic rings. The molecule has 0 saturated carbocycles. The second-order valence-electron chi connectivity index (χ2n) is 8.23. The van der Waals surface area contributed by atoms with Crippen LogP contribution >= 0.6 is 27.7 Å². The topological polar surface area (TPSA) is 73.0 Å². The van der Waals surface area contributed by atoms with Gasteiger partial charge < -0.3 is 19.1 Å². The molecule has 0 radical (unpaired) electrons. The number of carbonyl (C=O) groups excluding carboxylic acids is 1. The van der Waals surface area contributed by atoms with Crippen molar-refractivity contribution in [1.82, 2.24) is 4.57 Å². The van der Waals surface area contributed by atoms with Gasteiger partial charge in [0.2, 0.25) is 0 Å². The molecule has 0 fully saturated rings. The van der Waals surface area contributed by atoms with Crippen LogP contribution in [0.5, 0.6) is 0 Å². The van der Waals surface area contributed by atoms with Crippen molar-refractivity contribution in [2.45, 2.75) is 48.7 Å². The van der Waals surface area contributed by atoms with Crippen LogP contribution in [-0.4, -0.2) is 52.7 Å². The molecule has 158 valence electrons. The minimum Gasteiger partial charge on any atom is -0.467 e. The molecular weight excluding hydrogens is 472 g/mol. The average Bonchev–Trinajstić information content (AvgIpc) is 3.24. The number of aliphatic imine (C=N–C) groups is 1. The van der Waals surface area contributed by atoms with Gasteiger partial charge in [0.05, 0.1) is 16.8 Å². The number of aliphatic hydroxyl groups is 1. The molecule has 1 aliphatic heterocycles. The fourth-order valence-corrected chi connectivity index (χ4v) is 5.72. The van der Waals surface area contributed by atoms with Crippen molar-refractivity contribution in [3.8, 4) is 0 Å². The number of fused-ring (bicyclic) bond motifs is 1. The fraction of sp³-hybridized carbons (Fsp3) is 0.500. The molecule has 0 aliphatic carbocycles. The maximum absolute atomic E-state index is 11.9. The molecule has 29 heavy (non-hydrogen) atoms. The molecule has 0 bridgehead atoms. The van der Waals surface area contributed by atoms with Gasteiger partial charge in [-0.15, -0.1) is 0 Å². The Labute approximate surface area is 184 Å². The number of carbonyl (C=O) groups is 1. The van der Waals surface area contributed by atoms with Crippen LogP contribution in [-0.2, 0) is 21.0 Å². The number of benzene rings is 1. The van der Waals surface area contributed by atoms with Crippen LogP contribution < -0.4 is 0 Å². The van der Waals surface area contributed by atoms with Crippen molar-refractivity contribution in [3.05, 3.63) is 36.0 Å². The number of aliphatic hydroxyl groups excluding tert-OH is 1. The van der Waals surface area contributed by atoms with E-state index < -0.39 is 26.2 Å². The first kappa shape index (κ1) is 22.5. The quantitative estimate of drug-likeness (QED) is 0.252. The number of rotatable bonds is 8. The number of aromatic nitrogens is 1. The molecular formula is C20H27BrN2O4SSi. The van der Waals surface area contributed by atoms with Crippen molar-refractivity contribution in [2.24, 2.45) is 4.99 Å². The van der Waals surface area contributed by atoms with Gasteiger partial charge in [0.1, 0.15) is 17.9 Å². The molecule has 9 heteroatoms. The monoisotopic (exact) mass is 498 g/mol. The molecule has 6 nitrogen and oxygen atoms in total. The number of hydrogen-bond acceptors (Lipinski definition) is 6. The lowest BCUT2D eigenvalue weighted by molar-refractivity contribution is -0.141. The van der Waals surface area contributed by atoms with E-state index in [1.165, 1.54) is 18.9 Å². The Morgan fingerprint density at radius 3 is 2.79 bits per heavy atom. The number of ether oxygens (including phenoxy) is 2. The first-order valence-corrected chi connectivity index (χ1v) is 15.0. The largest absolute Gasteiger partial charge is 0.467 e. The summed E-state index contributed by atoms with van der Waals surface area (Å²) in [6.45, 7) is 8.15. The molecule has 2 aromatic rings. The zero-order valence-corrected chi connectivity index (χ0v) is 20.5. The average molecular weight is 500 g/mol. The van der Waals surface area contributed by atoms with Gasteiger partial charge in [0.15, 0.2) is 6.04 Å². The molecule has 3 atom stereocenters. The summed E-state index contributed by atoms with van der Waals surface area (Å²) in [6, 6.07) is 8.37. The molecule has 1 aromatic heterocycles. The molecule has 2 heterocycles. The number of para-hydroxylation sites is 1. The summed E-state index contributed by atoms with van der Waals surface area (Å²) in [7, 11) is 0.199. The number of halogens is 1. The van der Waals surface area contributed by atoms with Crippen molar-refractivity contribution >= 4 is 57.7 Å². The minimum atomic E-state index is -1.14. The Morgan fingerprint density at radius 1 is 1.38 bits per heavy atom. The van der Waals surface area contributed by atoms with Gasteiger partial charge in [-0.05, 0) is 12.1 Å². The number of methoxy groups -OCH3 is 1. The molecule has 1 N–H and O–H groups in total. The third-order valence-electron chi connectivity index (χ3n) is 4.77. The van der Waals surface area contributed by atoms with Crippen LogP contribution in [0.1, 0.15) is 11.7 Å². The highest BCUT2D eigenvalue weighted by molar-refractivity contribution is 9.11. The standard InChI is InChI=1S/C20H27BrN2O4SSi/c1-26-20(25)16-18(21)28-19(22-16)17(24)14-11-23(12-27-9-10-29(2,3)4)15-8-6-5-7-13(14)15/h5-8,11,16-18,24H,9-10,12H2,1-4H3. The summed E-state index contributed by atoms with van der Waals surface area (Å²) < 4.78 is 12.5. The minimum absolute atomic E-state index is 0.252. The Balaban J connectivity index is 1.82. The number of alkyl halides is 1. The highest BCUT2D eigenvalue weighted by Gasteiger charge is 2.37. The van der Waals surface area contributed by atoms with Crippen LogP contribution in [0, 0.1) is 0 Å². The van der Waals surface area contributed by atoms with E-state index in [0.29, 0.717) is 11.8 Å². The lowest BCUT2D eigenvalue weighted by Gasteiger charge is -2.15. The van der Waals surface area contributed by atoms with Crippen molar-refractivity contribution in [1.29, 1.82) is 0 Å². The number of esters is 1. The predicted molar refractivity (Wildman–Crippen MR) is 125 cm³/mol. The summed E-state index contributed by atoms with van der Waals surface area (Å²) in [5, 5.41) is 12.5. The van der Waals surface area contributed by atoms with E-state index in [-0.39, 0.29) is 4.16 Å². The van der Waals surface area contributed by atoms with Gasteiger partial charge in [-0.3, -0.25) is 4.99 Å². The van der Waals surface area contributed by atoms with Gasteiger partial charge in [-0.2, -0.15) is 0 Å². The van der Waals surface area contributed by atoms with E-state index >= 15 is 0 Å². The first-order valence-electron chi connectivity index (χ1n) is 9.51. The maximum Gasteiger partial charge on any atom is 0.332 e. The summed E-state index contributed by atoms with van der Waals surface area (Å²) in [6.07, 6.45) is 1.00. The van der Waals surface area contributed by atoms with E-state index in [1.807, 2.05) is 35.0 Å². The molecule has 0 saturated heterocycles. The highest BCUT2D eigenvalue weighted by Crippen LogP contribution is 2.39. The molecule has 1 aromatic carbocycles. The van der Waals surface area contributed by atoms with Gasteiger partial charge in [-0.25, -0.2) is 4.79 Å². The highest BCUT2D eigenvalue weighted by atomic mass is 79.9. The third-order valence-corrected chi connectivity index (χ3v) is 8.58. The molecule has 3 rings (SSSR count). The van der Waals surface area contributed by atoms with Crippen LogP contribution in [0.25, 0.3) is 10.9 Å². The number of hydrogen-bond donors (Lipinski definition) is 1. The third kappa shape index (κ3) is 5.32. The molecule has 0 spiro atoms. The lowest BCUT2D eigenvalue weighted by Crippen LogP contribution is -2.24. The molecule has 3 unspecified atom stereocenters.